The number of benzene rings is 1. The van der Waals surface area contributed by atoms with Crippen molar-refractivity contribution < 1.29 is 5.11 Å². The summed E-state index contributed by atoms with van der Waals surface area (Å²) in [6, 6.07) is 5.37. The molecule has 0 bridgehead atoms. The smallest absolute Gasteiger partial charge is 0.115 e. The van der Waals surface area contributed by atoms with Gasteiger partial charge in [0.05, 0.1) is 0 Å². The quantitative estimate of drug-likeness (QED) is 0.658. The lowest BCUT2D eigenvalue weighted by Crippen LogP contribution is -1.87. The van der Waals surface area contributed by atoms with Crippen molar-refractivity contribution in [1.82, 2.24) is 0 Å². The van der Waals surface area contributed by atoms with E-state index in [0.29, 0.717) is 5.75 Å². The number of aryl methyl sites for hydroxylation is 2. The van der Waals surface area contributed by atoms with Gasteiger partial charge >= 0.3 is 0 Å². The molecule has 0 saturated heterocycles. The molecule has 0 fully saturated rings. The highest BCUT2D eigenvalue weighted by Crippen LogP contribution is 2.16. The molecule has 0 saturated carbocycles. The largest absolute Gasteiger partial charge is 0.508 e. The number of phenolic OH excluding ortho intramolecular Hbond substituents is 1. The van der Waals surface area contributed by atoms with E-state index in [1.54, 1.807) is 12.1 Å². The minimum absolute atomic E-state index is 0.317. The maximum atomic E-state index is 9.12. The van der Waals surface area contributed by atoms with Crippen molar-refractivity contribution in [2.24, 2.45) is 0 Å². The Morgan fingerprint density at radius 1 is 1.50 bits per heavy atom. The predicted molar refractivity (Wildman–Crippen MR) is 50.0 cm³/mol. The van der Waals surface area contributed by atoms with Gasteiger partial charge in [-0.3, -0.25) is 0 Å². The molecule has 0 aliphatic rings. The number of hydrogen-bond acceptors (Lipinski definition) is 1. The third-order valence-electron chi connectivity index (χ3n) is 1.86. The summed E-state index contributed by atoms with van der Waals surface area (Å²) in [5.74, 6) is 2.91. The van der Waals surface area contributed by atoms with Crippen molar-refractivity contribution in [1.29, 1.82) is 0 Å². The van der Waals surface area contributed by atoms with Gasteiger partial charge in [-0.15, -0.1) is 12.3 Å². The lowest BCUT2D eigenvalue weighted by Gasteiger charge is -2.03. The van der Waals surface area contributed by atoms with Crippen molar-refractivity contribution in [3.63, 3.8) is 0 Å². The highest BCUT2D eigenvalue weighted by atomic mass is 16.3. The molecule has 0 unspecified atom stereocenters. The molecule has 0 aromatic heterocycles. The maximum absolute atomic E-state index is 9.12. The van der Waals surface area contributed by atoms with Gasteiger partial charge in [0.15, 0.2) is 0 Å². The van der Waals surface area contributed by atoms with Gasteiger partial charge in [0.25, 0.3) is 0 Å². The Balaban J connectivity index is 2.81. The van der Waals surface area contributed by atoms with Crippen LogP contribution in [0.2, 0.25) is 0 Å². The minimum Gasteiger partial charge on any atom is -0.508 e. The SMILES string of the molecule is C#CCCc1ccc(O)cc1C. The Morgan fingerprint density at radius 3 is 2.83 bits per heavy atom. The molecule has 0 atom stereocenters. The summed E-state index contributed by atoms with van der Waals surface area (Å²) in [6.07, 6.45) is 6.80. The molecule has 12 heavy (non-hydrogen) atoms. The Hall–Kier alpha value is -1.42. The maximum Gasteiger partial charge on any atom is 0.115 e. The van der Waals surface area contributed by atoms with Gasteiger partial charge in [0, 0.05) is 6.42 Å². The first-order valence-electron chi connectivity index (χ1n) is 3.96. The summed E-state index contributed by atoms with van der Waals surface area (Å²) in [4.78, 5) is 0. The van der Waals surface area contributed by atoms with Crippen LogP contribution < -0.4 is 0 Å². The van der Waals surface area contributed by atoms with E-state index < -0.39 is 0 Å². The van der Waals surface area contributed by atoms with E-state index in [9.17, 15) is 0 Å². The van der Waals surface area contributed by atoms with Crippen molar-refractivity contribution >= 4 is 0 Å². The predicted octanol–water partition coefficient (Wildman–Crippen LogP) is 2.27. The zero-order valence-electron chi connectivity index (χ0n) is 7.17. The van der Waals surface area contributed by atoms with Crippen LogP contribution in [0.1, 0.15) is 17.5 Å². The summed E-state index contributed by atoms with van der Waals surface area (Å²) in [6.45, 7) is 1.98. The molecule has 0 aliphatic carbocycles. The van der Waals surface area contributed by atoms with Crippen LogP contribution in [0.5, 0.6) is 5.75 Å². The molecule has 0 aliphatic heterocycles. The van der Waals surface area contributed by atoms with Crippen LogP contribution in [0.15, 0.2) is 18.2 Å². The minimum atomic E-state index is 0.317. The van der Waals surface area contributed by atoms with Gasteiger partial charge in [0.2, 0.25) is 0 Å². The van der Waals surface area contributed by atoms with E-state index in [2.05, 4.69) is 5.92 Å². The normalized spacial score (nSPS) is 9.33. The molecule has 1 heteroatoms. The van der Waals surface area contributed by atoms with Gasteiger partial charge in [-0.05, 0) is 36.6 Å². The molecule has 1 nitrogen and oxygen atoms in total. The molecule has 0 amide bonds. The molecular weight excluding hydrogens is 148 g/mol. The van der Waals surface area contributed by atoms with Gasteiger partial charge in [0.1, 0.15) is 5.75 Å². The highest BCUT2D eigenvalue weighted by molar-refractivity contribution is 5.34. The summed E-state index contributed by atoms with van der Waals surface area (Å²) >= 11 is 0. The lowest BCUT2D eigenvalue weighted by molar-refractivity contribution is 0.474. The first-order chi connectivity index (χ1) is 5.74. The average Bonchev–Trinajstić information content (AvgIpc) is 2.03. The van der Waals surface area contributed by atoms with E-state index in [0.717, 1.165) is 18.4 Å². The van der Waals surface area contributed by atoms with E-state index in [1.807, 2.05) is 13.0 Å². The Bertz CT molecular complexity index is 307. The first kappa shape index (κ1) is 8.67. The third-order valence-corrected chi connectivity index (χ3v) is 1.86. The Kier molecular flexibility index (Phi) is 2.76. The molecule has 1 N–H and O–H groups in total. The second kappa shape index (κ2) is 3.82. The fourth-order valence-corrected chi connectivity index (χ4v) is 1.17. The monoisotopic (exact) mass is 160 g/mol. The van der Waals surface area contributed by atoms with E-state index in [-0.39, 0.29) is 0 Å². The van der Waals surface area contributed by atoms with Gasteiger partial charge in [-0.25, -0.2) is 0 Å². The van der Waals surface area contributed by atoms with Gasteiger partial charge < -0.3 is 5.11 Å². The second-order valence-corrected chi connectivity index (χ2v) is 2.81. The molecule has 62 valence electrons. The Labute approximate surface area is 73.0 Å². The number of hydrogen-bond donors (Lipinski definition) is 1. The number of terminal acetylenes is 1. The molecule has 0 heterocycles. The number of phenols is 1. The first-order valence-corrected chi connectivity index (χ1v) is 3.96. The standard InChI is InChI=1S/C11H12O/c1-3-4-5-10-6-7-11(12)8-9(10)2/h1,6-8,12H,4-5H2,2H3. The van der Waals surface area contributed by atoms with Crippen LogP contribution in [0, 0.1) is 19.3 Å². The van der Waals surface area contributed by atoms with Crippen LogP contribution in [-0.2, 0) is 6.42 Å². The summed E-state index contributed by atoms with van der Waals surface area (Å²) < 4.78 is 0. The van der Waals surface area contributed by atoms with Crippen LogP contribution in [0.3, 0.4) is 0 Å². The molecule has 0 spiro atoms. The average molecular weight is 160 g/mol. The Morgan fingerprint density at radius 2 is 2.25 bits per heavy atom. The van der Waals surface area contributed by atoms with E-state index >= 15 is 0 Å². The zero-order chi connectivity index (χ0) is 8.97. The summed E-state index contributed by atoms with van der Waals surface area (Å²) in [5, 5.41) is 9.12. The third kappa shape index (κ3) is 2.03. The fourth-order valence-electron chi connectivity index (χ4n) is 1.17. The molecule has 1 aromatic carbocycles. The molecule has 1 rings (SSSR count). The molecule has 1 aromatic rings. The fraction of sp³-hybridized carbons (Fsp3) is 0.273. The van der Waals surface area contributed by atoms with Gasteiger partial charge in [-0.1, -0.05) is 6.07 Å². The van der Waals surface area contributed by atoms with Crippen LogP contribution >= 0.6 is 0 Å². The molecule has 0 radical (unpaired) electrons. The van der Waals surface area contributed by atoms with Crippen molar-refractivity contribution in [2.45, 2.75) is 19.8 Å². The van der Waals surface area contributed by atoms with E-state index in [1.165, 1.54) is 5.56 Å². The number of rotatable bonds is 2. The second-order valence-electron chi connectivity index (χ2n) is 2.81. The summed E-state index contributed by atoms with van der Waals surface area (Å²) in [7, 11) is 0. The highest BCUT2D eigenvalue weighted by Gasteiger charge is 1.97. The lowest BCUT2D eigenvalue weighted by atomic mass is 10.0. The van der Waals surface area contributed by atoms with Crippen LogP contribution in [0.25, 0.3) is 0 Å². The summed E-state index contributed by atoms with van der Waals surface area (Å²) in [5.41, 5.74) is 2.32. The van der Waals surface area contributed by atoms with Crippen molar-refractivity contribution in [2.75, 3.05) is 0 Å². The van der Waals surface area contributed by atoms with E-state index in [4.69, 9.17) is 11.5 Å². The van der Waals surface area contributed by atoms with Crippen LogP contribution in [0.4, 0.5) is 0 Å². The van der Waals surface area contributed by atoms with Crippen LogP contribution in [-0.4, -0.2) is 5.11 Å². The van der Waals surface area contributed by atoms with Crippen molar-refractivity contribution in [3.05, 3.63) is 29.3 Å². The molecular formula is C11H12O. The number of aromatic hydroxyl groups is 1. The van der Waals surface area contributed by atoms with Crippen molar-refractivity contribution in [3.8, 4) is 18.1 Å². The van der Waals surface area contributed by atoms with Gasteiger partial charge in [-0.2, -0.15) is 0 Å². The zero-order valence-corrected chi connectivity index (χ0v) is 7.17. The topological polar surface area (TPSA) is 20.2 Å².